The zero-order valence-electron chi connectivity index (χ0n) is 13.6. The van der Waals surface area contributed by atoms with Gasteiger partial charge in [0.05, 0.1) is 7.11 Å². The van der Waals surface area contributed by atoms with Crippen molar-refractivity contribution in [3.63, 3.8) is 0 Å². The first-order chi connectivity index (χ1) is 10.2. The molecule has 0 heterocycles. The van der Waals surface area contributed by atoms with Crippen LogP contribution in [0.4, 0.5) is 0 Å². The Morgan fingerprint density at radius 3 is 2.67 bits per heavy atom. The van der Waals surface area contributed by atoms with E-state index in [0.717, 1.165) is 25.4 Å². The van der Waals surface area contributed by atoms with Gasteiger partial charge in [0, 0.05) is 6.54 Å². The Bertz CT molecular complexity index is 427. The molecule has 1 aromatic rings. The molecule has 3 nitrogen and oxygen atoms in total. The van der Waals surface area contributed by atoms with Crippen LogP contribution in [0.15, 0.2) is 24.3 Å². The fourth-order valence-corrected chi connectivity index (χ4v) is 3.45. The van der Waals surface area contributed by atoms with E-state index in [9.17, 15) is 0 Å². The van der Waals surface area contributed by atoms with Crippen molar-refractivity contribution in [3.05, 3.63) is 29.8 Å². The lowest BCUT2D eigenvalue weighted by molar-refractivity contribution is 0.154. The van der Waals surface area contributed by atoms with Gasteiger partial charge in [0.2, 0.25) is 0 Å². The van der Waals surface area contributed by atoms with Crippen molar-refractivity contribution in [1.82, 2.24) is 4.90 Å². The zero-order valence-corrected chi connectivity index (χ0v) is 13.6. The Labute approximate surface area is 129 Å². The summed E-state index contributed by atoms with van der Waals surface area (Å²) in [6.45, 7) is 2.94. The summed E-state index contributed by atoms with van der Waals surface area (Å²) < 4.78 is 5.29. The van der Waals surface area contributed by atoms with Crippen LogP contribution in [0, 0.1) is 5.41 Å². The van der Waals surface area contributed by atoms with Crippen molar-refractivity contribution in [3.8, 4) is 5.75 Å². The highest BCUT2D eigenvalue weighted by Gasteiger charge is 2.30. The van der Waals surface area contributed by atoms with Crippen LogP contribution < -0.4 is 10.5 Å². The number of methoxy groups -OCH3 is 1. The first-order valence-corrected chi connectivity index (χ1v) is 8.19. The molecule has 0 bridgehead atoms. The first-order valence-electron chi connectivity index (χ1n) is 8.19. The second kappa shape index (κ2) is 7.81. The normalized spacial score (nSPS) is 17.9. The van der Waals surface area contributed by atoms with Gasteiger partial charge in [-0.1, -0.05) is 31.4 Å². The third-order valence-electron chi connectivity index (χ3n) is 4.96. The first kappa shape index (κ1) is 16.3. The summed E-state index contributed by atoms with van der Waals surface area (Å²) in [4.78, 5) is 2.40. The Balaban J connectivity index is 1.84. The predicted molar refractivity (Wildman–Crippen MR) is 88.5 cm³/mol. The van der Waals surface area contributed by atoms with Gasteiger partial charge in [0.1, 0.15) is 5.75 Å². The molecule has 21 heavy (non-hydrogen) atoms. The number of hydrogen-bond donors (Lipinski definition) is 1. The van der Waals surface area contributed by atoms with Gasteiger partial charge in [0.25, 0.3) is 0 Å². The molecular weight excluding hydrogens is 260 g/mol. The Morgan fingerprint density at radius 1 is 1.24 bits per heavy atom. The standard InChI is InChI=1S/C18H30N2O/c1-20(14-16-7-6-8-17(13-16)21-2)12-11-18(15-19)9-4-3-5-10-18/h6-8,13H,3-5,9-12,14-15,19H2,1-2H3. The SMILES string of the molecule is COc1cccc(CN(C)CCC2(CN)CCCCC2)c1. The van der Waals surface area contributed by atoms with Crippen molar-refractivity contribution >= 4 is 0 Å². The molecule has 0 unspecified atom stereocenters. The average Bonchev–Trinajstić information content (AvgIpc) is 2.54. The molecule has 0 radical (unpaired) electrons. The lowest BCUT2D eigenvalue weighted by Crippen LogP contribution is -2.36. The minimum atomic E-state index is 0.404. The molecule has 0 atom stereocenters. The van der Waals surface area contributed by atoms with Crippen molar-refractivity contribution in [2.45, 2.75) is 45.1 Å². The third-order valence-corrected chi connectivity index (χ3v) is 4.96. The van der Waals surface area contributed by atoms with Gasteiger partial charge in [-0.2, -0.15) is 0 Å². The number of hydrogen-bond acceptors (Lipinski definition) is 3. The van der Waals surface area contributed by atoms with Gasteiger partial charge in [-0.15, -0.1) is 0 Å². The van der Waals surface area contributed by atoms with Crippen molar-refractivity contribution in [2.24, 2.45) is 11.1 Å². The van der Waals surface area contributed by atoms with Gasteiger partial charge in [-0.05, 0) is 62.5 Å². The third kappa shape index (κ3) is 4.72. The van der Waals surface area contributed by atoms with Crippen LogP contribution in [0.5, 0.6) is 5.75 Å². The summed E-state index contributed by atoms with van der Waals surface area (Å²) in [7, 11) is 3.92. The Kier molecular flexibility index (Phi) is 6.07. The zero-order chi connectivity index (χ0) is 15.1. The van der Waals surface area contributed by atoms with E-state index in [4.69, 9.17) is 10.5 Å². The van der Waals surface area contributed by atoms with E-state index in [0.29, 0.717) is 5.41 Å². The summed E-state index contributed by atoms with van der Waals surface area (Å²) in [5.74, 6) is 0.937. The van der Waals surface area contributed by atoms with Crippen molar-refractivity contribution in [1.29, 1.82) is 0 Å². The van der Waals surface area contributed by atoms with Crippen LogP contribution in [-0.2, 0) is 6.54 Å². The van der Waals surface area contributed by atoms with Crippen LogP contribution in [-0.4, -0.2) is 32.1 Å². The molecule has 0 spiro atoms. The van der Waals surface area contributed by atoms with E-state index in [-0.39, 0.29) is 0 Å². The largest absolute Gasteiger partial charge is 0.497 e. The lowest BCUT2D eigenvalue weighted by atomic mass is 9.72. The minimum absolute atomic E-state index is 0.404. The Morgan fingerprint density at radius 2 is 2.00 bits per heavy atom. The van der Waals surface area contributed by atoms with Crippen LogP contribution >= 0.6 is 0 Å². The molecule has 1 aliphatic rings. The molecule has 0 aliphatic heterocycles. The van der Waals surface area contributed by atoms with E-state index in [2.05, 4.69) is 30.1 Å². The highest BCUT2D eigenvalue weighted by atomic mass is 16.5. The molecule has 1 saturated carbocycles. The maximum Gasteiger partial charge on any atom is 0.119 e. The lowest BCUT2D eigenvalue weighted by Gasteiger charge is -2.37. The maximum absolute atomic E-state index is 6.08. The summed E-state index contributed by atoms with van der Waals surface area (Å²) in [5, 5.41) is 0. The second-order valence-electron chi connectivity index (χ2n) is 6.60. The molecule has 2 rings (SSSR count). The number of benzene rings is 1. The maximum atomic E-state index is 6.08. The van der Waals surface area contributed by atoms with Crippen LogP contribution in [0.2, 0.25) is 0 Å². The van der Waals surface area contributed by atoms with Crippen molar-refractivity contribution < 1.29 is 4.74 Å². The fourth-order valence-electron chi connectivity index (χ4n) is 3.45. The highest BCUT2D eigenvalue weighted by molar-refractivity contribution is 5.28. The topological polar surface area (TPSA) is 38.5 Å². The molecule has 3 heteroatoms. The summed E-state index contributed by atoms with van der Waals surface area (Å²) in [6.07, 6.45) is 7.96. The monoisotopic (exact) mass is 290 g/mol. The molecule has 1 fully saturated rings. The van der Waals surface area contributed by atoms with Gasteiger partial charge in [0.15, 0.2) is 0 Å². The van der Waals surface area contributed by atoms with Gasteiger partial charge >= 0.3 is 0 Å². The molecule has 118 valence electrons. The molecule has 0 saturated heterocycles. The summed E-state index contributed by atoms with van der Waals surface area (Å²) in [5.41, 5.74) is 7.79. The number of rotatable bonds is 7. The van der Waals surface area contributed by atoms with E-state index in [1.54, 1.807) is 7.11 Å². The minimum Gasteiger partial charge on any atom is -0.497 e. The molecular formula is C18H30N2O. The number of nitrogens with two attached hydrogens (primary N) is 1. The van der Waals surface area contributed by atoms with E-state index in [1.807, 2.05) is 6.07 Å². The van der Waals surface area contributed by atoms with Gasteiger partial charge < -0.3 is 15.4 Å². The van der Waals surface area contributed by atoms with E-state index in [1.165, 1.54) is 44.1 Å². The summed E-state index contributed by atoms with van der Waals surface area (Å²) in [6, 6.07) is 8.34. The molecule has 0 amide bonds. The number of ether oxygens (including phenoxy) is 1. The van der Waals surface area contributed by atoms with Crippen molar-refractivity contribution in [2.75, 3.05) is 27.2 Å². The van der Waals surface area contributed by atoms with E-state index >= 15 is 0 Å². The van der Waals surface area contributed by atoms with Gasteiger partial charge in [-0.3, -0.25) is 0 Å². The van der Waals surface area contributed by atoms with Crippen LogP contribution in [0.25, 0.3) is 0 Å². The van der Waals surface area contributed by atoms with Crippen LogP contribution in [0.3, 0.4) is 0 Å². The summed E-state index contributed by atoms with van der Waals surface area (Å²) >= 11 is 0. The van der Waals surface area contributed by atoms with E-state index < -0.39 is 0 Å². The Hall–Kier alpha value is -1.06. The predicted octanol–water partition coefficient (Wildman–Crippen LogP) is 3.43. The quantitative estimate of drug-likeness (QED) is 0.836. The van der Waals surface area contributed by atoms with Gasteiger partial charge in [-0.25, -0.2) is 0 Å². The fraction of sp³-hybridized carbons (Fsp3) is 0.667. The molecule has 0 aromatic heterocycles. The average molecular weight is 290 g/mol. The smallest absolute Gasteiger partial charge is 0.119 e. The molecule has 2 N–H and O–H groups in total. The molecule has 1 aromatic carbocycles. The number of nitrogens with zero attached hydrogens (tertiary/aromatic N) is 1. The molecule has 1 aliphatic carbocycles. The highest BCUT2D eigenvalue weighted by Crippen LogP contribution is 2.38. The second-order valence-corrected chi connectivity index (χ2v) is 6.60. The van der Waals surface area contributed by atoms with Crippen LogP contribution in [0.1, 0.15) is 44.1 Å².